The molecule has 0 spiro atoms. The van der Waals surface area contributed by atoms with Gasteiger partial charge in [0.1, 0.15) is 6.07 Å². The van der Waals surface area contributed by atoms with Crippen molar-refractivity contribution >= 4 is 16.6 Å². The van der Waals surface area contributed by atoms with Crippen LogP contribution in [0.2, 0.25) is 0 Å². The molecule has 2 atom stereocenters. The first-order valence-electron chi connectivity index (χ1n) is 7.12. The summed E-state index contributed by atoms with van der Waals surface area (Å²) in [5, 5.41) is 23.0. The van der Waals surface area contributed by atoms with Crippen LogP contribution in [0, 0.1) is 11.3 Å². The van der Waals surface area contributed by atoms with Crippen LogP contribution in [0.1, 0.15) is 12.5 Å². The maximum atomic E-state index is 9.42. The Kier molecular flexibility index (Phi) is 3.74. The van der Waals surface area contributed by atoms with Gasteiger partial charge in [0.05, 0.1) is 17.7 Å². The van der Waals surface area contributed by atoms with E-state index in [1.54, 1.807) is 6.20 Å². The van der Waals surface area contributed by atoms with E-state index in [1.165, 1.54) is 0 Å². The van der Waals surface area contributed by atoms with Crippen molar-refractivity contribution in [1.29, 1.82) is 5.26 Å². The van der Waals surface area contributed by atoms with Crippen molar-refractivity contribution in [3.63, 3.8) is 0 Å². The summed E-state index contributed by atoms with van der Waals surface area (Å²) in [6.07, 6.45) is 1.71. The summed E-state index contributed by atoms with van der Waals surface area (Å²) in [5.74, 6) is 0. The fraction of sp³-hybridized carbons (Fsp3) is 0.375. The summed E-state index contributed by atoms with van der Waals surface area (Å²) in [7, 11) is 0. The number of piperazine rings is 1. The standard InChI is InChI=1S/C16H18N4O/c1-11-8-20(9-13(10-21)19-11)15-5-4-12(7-17)16-14(15)3-2-6-18-16/h2-6,11,13,19,21H,8-10H2,1H3. The molecule has 0 amide bonds. The van der Waals surface area contributed by atoms with E-state index in [9.17, 15) is 10.4 Å². The summed E-state index contributed by atoms with van der Waals surface area (Å²) >= 11 is 0. The molecule has 0 radical (unpaired) electrons. The van der Waals surface area contributed by atoms with Gasteiger partial charge < -0.3 is 15.3 Å². The van der Waals surface area contributed by atoms with Crippen LogP contribution in [0.4, 0.5) is 5.69 Å². The first-order chi connectivity index (χ1) is 10.2. The number of anilines is 1. The fourth-order valence-electron chi connectivity index (χ4n) is 3.01. The zero-order valence-electron chi connectivity index (χ0n) is 12.0. The lowest BCUT2D eigenvalue weighted by Crippen LogP contribution is -2.57. The summed E-state index contributed by atoms with van der Waals surface area (Å²) in [5.41, 5.74) is 2.41. The quantitative estimate of drug-likeness (QED) is 0.868. The summed E-state index contributed by atoms with van der Waals surface area (Å²) in [4.78, 5) is 6.61. The molecule has 21 heavy (non-hydrogen) atoms. The summed E-state index contributed by atoms with van der Waals surface area (Å²) in [6, 6.07) is 10.3. The van der Waals surface area contributed by atoms with Crippen LogP contribution in [0.15, 0.2) is 30.5 Å². The topological polar surface area (TPSA) is 72.2 Å². The predicted molar refractivity (Wildman–Crippen MR) is 82.1 cm³/mol. The van der Waals surface area contributed by atoms with Gasteiger partial charge in [0.2, 0.25) is 0 Å². The van der Waals surface area contributed by atoms with E-state index < -0.39 is 0 Å². The maximum Gasteiger partial charge on any atom is 0.101 e. The molecule has 108 valence electrons. The summed E-state index contributed by atoms with van der Waals surface area (Å²) in [6.45, 7) is 3.84. The first-order valence-corrected chi connectivity index (χ1v) is 7.12. The van der Waals surface area contributed by atoms with Crippen LogP contribution in [0.25, 0.3) is 10.9 Å². The number of aromatic nitrogens is 1. The Hall–Kier alpha value is -2.16. The fourth-order valence-corrected chi connectivity index (χ4v) is 3.01. The molecule has 1 aromatic carbocycles. The number of hydrogen-bond acceptors (Lipinski definition) is 5. The van der Waals surface area contributed by atoms with Gasteiger partial charge in [-0.3, -0.25) is 4.98 Å². The van der Waals surface area contributed by atoms with Gasteiger partial charge >= 0.3 is 0 Å². The number of pyridine rings is 1. The number of aliphatic hydroxyl groups is 1. The molecule has 1 fully saturated rings. The second-order valence-corrected chi connectivity index (χ2v) is 5.50. The molecular formula is C16H18N4O. The molecule has 1 aliphatic heterocycles. The molecule has 0 aliphatic carbocycles. The van der Waals surface area contributed by atoms with Crippen molar-refractivity contribution in [2.24, 2.45) is 0 Å². The maximum absolute atomic E-state index is 9.42. The lowest BCUT2D eigenvalue weighted by Gasteiger charge is -2.38. The van der Waals surface area contributed by atoms with Crippen LogP contribution in [-0.4, -0.2) is 41.9 Å². The van der Waals surface area contributed by atoms with Crippen molar-refractivity contribution in [3.05, 3.63) is 36.0 Å². The van der Waals surface area contributed by atoms with Crippen molar-refractivity contribution in [2.45, 2.75) is 19.0 Å². The first kappa shape index (κ1) is 13.8. The van der Waals surface area contributed by atoms with Crippen molar-refractivity contribution in [1.82, 2.24) is 10.3 Å². The zero-order chi connectivity index (χ0) is 14.8. The molecule has 2 aromatic rings. The highest BCUT2D eigenvalue weighted by Gasteiger charge is 2.24. The Balaban J connectivity index is 2.07. The molecule has 0 bridgehead atoms. The van der Waals surface area contributed by atoms with E-state index in [4.69, 9.17) is 0 Å². The molecule has 5 nitrogen and oxygen atoms in total. The number of hydrogen-bond donors (Lipinski definition) is 2. The molecule has 1 saturated heterocycles. The number of aliphatic hydroxyl groups excluding tert-OH is 1. The van der Waals surface area contributed by atoms with E-state index in [0.717, 1.165) is 29.7 Å². The van der Waals surface area contributed by atoms with E-state index in [0.29, 0.717) is 11.6 Å². The van der Waals surface area contributed by atoms with Crippen LogP contribution >= 0.6 is 0 Å². The van der Waals surface area contributed by atoms with Gasteiger partial charge in [-0.05, 0) is 31.2 Å². The van der Waals surface area contributed by atoms with Crippen molar-refractivity contribution < 1.29 is 5.11 Å². The van der Waals surface area contributed by atoms with E-state index >= 15 is 0 Å². The third-order valence-electron chi connectivity index (χ3n) is 3.88. The number of rotatable bonds is 2. The van der Waals surface area contributed by atoms with E-state index in [1.807, 2.05) is 24.3 Å². The molecule has 0 saturated carbocycles. The number of nitrogens with zero attached hydrogens (tertiary/aromatic N) is 3. The minimum atomic E-state index is 0.0658. The van der Waals surface area contributed by atoms with Gasteiger partial charge in [-0.25, -0.2) is 0 Å². The molecular weight excluding hydrogens is 264 g/mol. The number of nitriles is 1. The van der Waals surface area contributed by atoms with E-state index in [2.05, 4.69) is 28.2 Å². The highest BCUT2D eigenvalue weighted by Crippen LogP contribution is 2.29. The average Bonchev–Trinajstić information content (AvgIpc) is 2.53. The Morgan fingerprint density at radius 2 is 2.29 bits per heavy atom. The normalized spacial score (nSPS) is 22.2. The number of fused-ring (bicyclic) bond motifs is 1. The average molecular weight is 282 g/mol. The van der Waals surface area contributed by atoms with Gasteiger partial charge in [-0.15, -0.1) is 0 Å². The minimum absolute atomic E-state index is 0.0658. The smallest absolute Gasteiger partial charge is 0.101 e. The SMILES string of the molecule is CC1CN(c2ccc(C#N)c3ncccc23)CC(CO)N1. The van der Waals surface area contributed by atoms with Crippen LogP contribution in [0.3, 0.4) is 0 Å². The molecule has 2 N–H and O–H groups in total. The Morgan fingerprint density at radius 3 is 3.05 bits per heavy atom. The monoisotopic (exact) mass is 282 g/mol. The second kappa shape index (κ2) is 5.68. The summed E-state index contributed by atoms with van der Waals surface area (Å²) < 4.78 is 0. The van der Waals surface area contributed by atoms with Crippen LogP contribution in [-0.2, 0) is 0 Å². The third-order valence-corrected chi connectivity index (χ3v) is 3.88. The van der Waals surface area contributed by atoms with Gasteiger partial charge in [0, 0.05) is 42.4 Å². The van der Waals surface area contributed by atoms with Gasteiger partial charge in [0.15, 0.2) is 0 Å². The molecule has 1 aromatic heterocycles. The van der Waals surface area contributed by atoms with Gasteiger partial charge in [0.25, 0.3) is 0 Å². The van der Waals surface area contributed by atoms with E-state index in [-0.39, 0.29) is 12.6 Å². The Morgan fingerprint density at radius 1 is 1.43 bits per heavy atom. The largest absolute Gasteiger partial charge is 0.395 e. The second-order valence-electron chi connectivity index (χ2n) is 5.50. The van der Waals surface area contributed by atoms with Gasteiger partial charge in [-0.1, -0.05) is 0 Å². The minimum Gasteiger partial charge on any atom is -0.395 e. The Labute approximate surface area is 123 Å². The molecule has 3 rings (SSSR count). The highest BCUT2D eigenvalue weighted by molar-refractivity contribution is 5.95. The molecule has 2 heterocycles. The van der Waals surface area contributed by atoms with Crippen molar-refractivity contribution in [2.75, 3.05) is 24.6 Å². The highest BCUT2D eigenvalue weighted by atomic mass is 16.3. The molecule has 5 heteroatoms. The van der Waals surface area contributed by atoms with Crippen LogP contribution in [0.5, 0.6) is 0 Å². The van der Waals surface area contributed by atoms with Gasteiger partial charge in [-0.2, -0.15) is 5.26 Å². The zero-order valence-corrected chi connectivity index (χ0v) is 12.0. The van der Waals surface area contributed by atoms with Crippen LogP contribution < -0.4 is 10.2 Å². The Bertz CT molecular complexity index is 694. The molecule has 1 aliphatic rings. The number of nitrogens with one attached hydrogen (secondary N) is 1. The van der Waals surface area contributed by atoms with Crippen molar-refractivity contribution in [3.8, 4) is 6.07 Å². The lowest BCUT2D eigenvalue weighted by molar-refractivity contribution is 0.221. The number of benzene rings is 1. The third kappa shape index (κ3) is 2.56. The molecule has 2 unspecified atom stereocenters. The lowest BCUT2D eigenvalue weighted by atomic mass is 10.0. The predicted octanol–water partition coefficient (Wildman–Crippen LogP) is 1.27.